The van der Waals surface area contributed by atoms with Crippen LogP contribution < -0.4 is 4.74 Å². The van der Waals surface area contributed by atoms with Gasteiger partial charge < -0.3 is 4.74 Å². The summed E-state index contributed by atoms with van der Waals surface area (Å²) in [6.07, 6.45) is 0. The average Bonchev–Trinajstić information content (AvgIpc) is 2.16. The zero-order valence-electron chi connectivity index (χ0n) is 7.20. The SMILES string of the molecule is FCCOc1c(Br)cc(CBr)cc1Br. The second-order valence-corrected chi connectivity index (χ2v) is 4.83. The number of alkyl halides is 2. The molecule has 0 saturated carbocycles. The molecule has 1 aromatic carbocycles. The highest BCUT2D eigenvalue weighted by atomic mass is 79.9. The van der Waals surface area contributed by atoms with Gasteiger partial charge in [0.15, 0.2) is 0 Å². The Labute approximate surface area is 107 Å². The summed E-state index contributed by atoms with van der Waals surface area (Å²) in [7, 11) is 0. The number of halogens is 4. The minimum atomic E-state index is -0.487. The van der Waals surface area contributed by atoms with Crippen molar-refractivity contribution in [1.29, 1.82) is 0 Å². The van der Waals surface area contributed by atoms with Crippen LogP contribution in [-0.4, -0.2) is 13.3 Å². The van der Waals surface area contributed by atoms with Crippen molar-refractivity contribution in [3.8, 4) is 5.75 Å². The fourth-order valence-corrected chi connectivity index (χ4v) is 2.80. The standard InChI is InChI=1S/C9H8Br3FO/c10-5-6-3-7(11)9(8(12)4-6)14-2-1-13/h3-4H,1-2,5H2. The smallest absolute Gasteiger partial charge is 0.147 e. The molecule has 0 unspecified atom stereocenters. The fraction of sp³-hybridized carbons (Fsp3) is 0.333. The van der Waals surface area contributed by atoms with Crippen LogP contribution in [0.5, 0.6) is 5.75 Å². The van der Waals surface area contributed by atoms with Crippen molar-refractivity contribution in [3.05, 3.63) is 26.6 Å². The van der Waals surface area contributed by atoms with Crippen molar-refractivity contribution in [1.82, 2.24) is 0 Å². The van der Waals surface area contributed by atoms with Crippen LogP contribution in [0.25, 0.3) is 0 Å². The molecular formula is C9H8Br3FO. The Balaban J connectivity index is 2.93. The number of hydrogen-bond acceptors (Lipinski definition) is 1. The minimum absolute atomic E-state index is 0.0743. The lowest BCUT2D eigenvalue weighted by molar-refractivity contribution is 0.270. The third-order valence-corrected chi connectivity index (χ3v) is 3.36. The molecule has 0 amide bonds. The predicted octanol–water partition coefficient (Wildman–Crippen LogP) is 4.45. The van der Waals surface area contributed by atoms with Gasteiger partial charge >= 0.3 is 0 Å². The molecule has 0 bridgehead atoms. The van der Waals surface area contributed by atoms with Crippen molar-refractivity contribution in [2.24, 2.45) is 0 Å². The summed E-state index contributed by atoms with van der Waals surface area (Å²) in [5.74, 6) is 0.646. The molecule has 0 N–H and O–H groups in total. The van der Waals surface area contributed by atoms with E-state index < -0.39 is 6.67 Å². The van der Waals surface area contributed by atoms with E-state index in [1.165, 1.54) is 0 Å². The van der Waals surface area contributed by atoms with Gasteiger partial charge in [-0.3, -0.25) is 0 Å². The van der Waals surface area contributed by atoms with Gasteiger partial charge in [0, 0.05) is 5.33 Å². The quantitative estimate of drug-likeness (QED) is 0.690. The summed E-state index contributed by atoms with van der Waals surface area (Å²) < 4.78 is 18.8. The Hall–Kier alpha value is 0.390. The lowest BCUT2D eigenvalue weighted by Crippen LogP contribution is -2.00. The minimum Gasteiger partial charge on any atom is -0.488 e. The first-order chi connectivity index (χ1) is 6.69. The Bertz CT molecular complexity index is 294. The van der Waals surface area contributed by atoms with E-state index in [0.29, 0.717) is 5.75 Å². The molecule has 1 aromatic rings. The van der Waals surface area contributed by atoms with Gasteiger partial charge in [0.05, 0.1) is 8.95 Å². The van der Waals surface area contributed by atoms with Crippen molar-refractivity contribution in [2.45, 2.75) is 5.33 Å². The Morgan fingerprint density at radius 3 is 2.21 bits per heavy atom. The van der Waals surface area contributed by atoms with E-state index in [4.69, 9.17) is 4.74 Å². The van der Waals surface area contributed by atoms with E-state index >= 15 is 0 Å². The van der Waals surface area contributed by atoms with Crippen molar-refractivity contribution in [2.75, 3.05) is 13.3 Å². The van der Waals surface area contributed by atoms with Crippen LogP contribution in [0, 0.1) is 0 Å². The molecule has 0 fully saturated rings. The molecular weight excluding hydrogens is 383 g/mol. The Kier molecular flexibility index (Phi) is 5.41. The highest BCUT2D eigenvalue weighted by Crippen LogP contribution is 2.35. The summed E-state index contributed by atoms with van der Waals surface area (Å²) in [4.78, 5) is 0. The molecule has 78 valence electrons. The predicted molar refractivity (Wildman–Crippen MR) is 65.9 cm³/mol. The van der Waals surface area contributed by atoms with Gasteiger partial charge in [-0.25, -0.2) is 4.39 Å². The van der Waals surface area contributed by atoms with Crippen LogP contribution in [0.3, 0.4) is 0 Å². The van der Waals surface area contributed by atoms with Gasteiger partial charge in [-0.05, 0) is 49.6 Å². The van der Waals surface area contributed by atoms with Gasteiger partial charge in [-0.1, -0.05) is 15.9 Å². The largest absolute Gasteiger partial charge is 0.488 e. The van der Waals surface area contributed by atoms with Crippen molar-refractivity contribution < 1.29 is 9.13 Å². The van der Waals surface area contributed by atoms with Gasteiger partial charge in [0.2, 0.25) is 0 Å². The highest BCUT2D eigenvalue weighted by molar-refractivity contribution is 9.11. The van der Waals surface area contributed by atoms with Gasteiger partial charge in [-0.15, -0.1) is 0 Å². The van der Waals surface area contributed by atoms with E-state index in [1.54, 1.807) is 0 Å². The van der Waals surface area contributed by atoms with Gasteiger partial charge in [0.25, 0.3) is 0 Å². The van der Waals surface area contributed by atoms with Gasteiger partial charge in [0.1, 0.15) is 19.0 Å². The number of ether oxygens (including phenoxy) is 1. The van der Waals surface area contributed by atoms with Crippen molar-refractivity contribution in [3.63, 3.8) is 0 Å². The molecule has 0 spiro atoms. The molecule has 0 heterocycles. The van der Waals surface area contributed by atoms with Crippen LogP contribution in [-0.2, 0) is 5.33 Å². The van der Waals surface area contributed by atoms with Crippen LogP contribution in [0.4, 0.5) is 4.39 Å². The van der Waals surface area contributed by atoms with E-state index in [2.05, 4.69) is 47.8 Å². The lowest BCUT2D eigenvalue weighted by atomic mass is 10.2. The number of benzene rings is 1. The van der Waals surface area contributed by atoms with E-state index in [-0.39, 0.29) is 6.61 Å². The van der Waals surface area contributed by atoms with E-state index in [9.17, 15) is 4.39 Å². The maximum Gasteiger partial charge on any atom is 0.147 e. The van der Waals surface area contributed by atoms with Gasteiger partial charge in [-0.2, -0.15) is 0 Å². The second kappa shape index (κ2) is 6.08. The van der Waals surface area contributed by atoms with Crippen molar-refractivity contribution >= 4 is 47.8 Å². The highest BCUT2D eigenvalue weighted by Gasteiger charge is 2.08. The Morgan fingerprint density at radius 1 is 1.21 bits per heavy atom. The molecule has 14 heavy (non-hydrogen) atoms. The van der Waals surface area contributed by atoms with E-state index in [0.717, 1.165) is 19.8 Å². The second-order valence-electron chi connectivity index (χ2n) is 2.56. The zero-order valence-corrected chi connectivity index (χ0v) is 12.0. The molecule has 0 radical (unpaired) electrons. The molecule has 0 atom stereocenters. The summed E-state index contributed by atoms with van der Waals surface area (Å²) >= 11 is 10.1. The summed E-state index contributed by atoms with van der Waals surface area (Å²) in [6, 6.07) is 3.88. The molecule has 0 aliphatic rings. The molecule has 1 nitrogen and oxygen atoms in total. The first-order valence-corrected chi connectivity index (χ1v) is 6.62. The topological polar surface area (TPSA) is 9.23 Å². The number of hydrogen-bond donors (Lipinski definition) is 0. The van der Waals surface area contributed by atoms with Crippen LogP contribution in [0.1, 0.15) is 5.56 Å². The van der Waals surface area contributed by atoms with E-state index in [1.807, 2.05) is 12.1 Å². The first-order valence-electron chi connectivity index (χ1n) is 3.91. The lowest BCUT2D eigenvalue weighted by Gasteiger charge is -2.09. The maximum atomic E-state index is 11.9. The monoisotopic (exact) mass is 388 g/mol. The summed E-state index contributed by atoms with van der Waals surface area (Å²) in [5.41, 5.74) is 1.12. The van der Waals surface area contributed by atoms with Crippen LogP contribution >= 0.6 is 47.8 Å². The Morgan fingerprint density at radius 2 is 1.79 bits per heavy atom. The third-order valence-electron chi connectivity index (χ3n) is 1.54. The third kappa shape index (κ3) is 3.21. The molecule has 0 aliphatic carbocycles. The molecule has 5 heteroatoms. The van der Waals surface area contributed by atoms with Crippen LogP contribution in [0.15, 0.2) is 21.1 Å². The molecule has 0 aliphatic heterocycles. The fourth-order valence-electron chi connectivity index (χ4n) is 0.968. The maximum absolute atomic E-state index is 11.9. The number of rotatable bonds is 4. The summed E-state index contributed by atoms with van der Waals surface area (Å²) in [5, 5.41) is 0.771. The zero-order chi connectivity index (χ0) is 10.6. The first kappa shape index (κ1) is 12.5. The average molecular weight is 391 g/mol. The molecule has 0 saturated heterocycles. The molecule has 1 rings (SSSR count). The normalized spacial score (nSPS) is 10.3. The summed E-state index contributed by atoms with van der Waals surface area (Å²) in [6.45, 7) is -0.413. The molecule has 0 aromatic heterocycles. The van der Waals surface area contributed by atoms with Crippen LogP contribution in [0.2, 0.25) is 0 Å².